The first-order chi connectivity index (χ1) is 12.9. The number of nitrogens with one attached hydrogen (secondary N) is 3. The van der Waals surface area contributed by atoms with E-state index in [0.29, 0.717) is 33.4 Å². The highest BCUT2D eigenvalue weighted by molar-refractivity contribution is 7.80. The van der Waals surface area contributed by atoms with Gasteiger partial charge in [-0.1, -0.05) is 36.2 Å². The van der Waals surface area contributed by atoms with Gasteiger partial charge in [-0.25, -0.2) is 0 Å². The molecular formula is C19H17Cl2N3O2S. The molecule has 0 fully saturated rings. The summed E-state index contributed by atoms with van der Waals surface area (Å²) in [6.45, 7) is 1.78. The molecule has 0 radical (unpaired) electrons. The van der Waals surface area contributed by atoms with Crippen molar-refractivity contribution in [3.05, 3.63) is 64.1 Å². The zero-order valence-electron chi connectivity index (χ0n) is 14.4. The van der Waals surface area contributed by atoms with E-state index in [-0.39, 0.29) is 11.0 Å². The number of amides is 2. The third-order valence-corrected chi connectivity index (χ3v) is 4.13. The van der Waals surface area contributed by atoms with Crippen LogP contribution < -0.4 is 16.0 Å². The maximum atomic E-state index is 12.0. The smallest absolute Gasteiger partial charge is 0.250 e. The molecule has 0 aromatic heterocycles. The fourth-order valence-corrected chi connectivity index (χ4v) is 2.69. The van der Waals surface area contributed by atoms with E-state index in [2.05, 4.69) is 16.0 Å². The van der Waals surface area contributed by atoms with Crippen LogP contribution in [-0.4, -0.2) is 16.9 Å². The van der Waals surface area contributed by atoms with Crippen LogP contribution in [-0.2, 0) is 9.59 Å². The molecule has 0 saturated carbocycles. The van der Waals surface area contributed by atoms with Crippen LogP contribution in [0.5, 0.6) is 0 Å². The van der Waals surface area contributed by atoms with Crippen LogP contribution in [0.25, 0.3) is 6.08 Å². The highest BCUT2D eigenvalue weighted by Gasteiger charge is 2.04. The van der Waals surface area contributed by atoms with E-state index in [0.717, 1.165) is 0 Å². The second-order valence-corrected chi connectivity index (χ2v) is 6.67. The first-order valence-corrected chi connectivity index (χ1v) is 9.19. The lowest BCUT2D eigenvalue weighted by atomic mass is 10.2. The van der Waals surface area contributed by atoms with Gasteiger partial charge in [-0.05, 0) is 60.3 Å². The average molecular weight is 422 g/mol. The SMILES string of the molecule is CCC(=O)Nc1ccc(NC(=S)NC(=O)/C=C/c2ccc(Cl)cc2Cl)cc1. The molecule has 2 aromatic rings. The Kier molecular flexibility index (Phi) is 7.79. The van der Waals surface area contributed by atoms with E-state index in [1.165, 1.54) is 6.08 Å². The Morgan fingerprint density at radius 2 is 1.67 bits per heavy atom. The van der Waals surface area contributed by atoms with Gasteiger partial charge in [0, 0.05) is 33.9 Å². The minimum atomic E-state index is -0.398. The lowest BCUT2D eigenvalue weighted by Crippen LogP contribution is -2.32. The van der Waals surface area contributed by atoms with E-state index in [1.807, 2.05) is 0 Å². The number of halogens is 2. The van der Waals surface area contributed by atoms with Crippen LogP contribution >= 0.6 is 35.4 Å². The number of hydrogen-bond donors (Lipinski definition) is 3. The summed E-state index contributed by atoms with van der Waals surface area (Å²) in [5.41, 5.74) is 2.03. The molecule has 0 aliphatic rings. The summed E-state index contributed by atoms with van der Waals surface area (Å²) in [5.74, 6) is -0.462. The van der Waals surface area contributed by atoms with Gasteiger partial charge in [-0.3, -0.25) is 14.9 Å². The molecule has 8 heteroatoms. The molecule has 0 saturated heterocycles. The zero-order valence-corrected chi connectivity index (χ0v) is 16.7. The molecule has 140 valence electrons. The number of thiocarbonyl (C=S) groups is 1. The normalized spacial score (nSPS) is 10.5. The number of benzene rings is 2. The largest absolute Gasteiger partial charge is 0.332 e. The van der Waals surface area contributed by atoms with Gasteiger partial charge in [0.1, 0.15) is 0 Å². The summed E-state index contributed by atoms with van der Waals surface area (Å²) >= 11 is 17.0. The third kappa shape index (κ3) is 7.02. The maximum Gasteiger partial charge on any atom is 0.250 e. The van der Waals surface area contributed by atoms with Crippen LogP contribution in [0, 0.1) is 0 Å². The van der Waals surface area contributed by atoms with Crippen LogP contribution in [0.15, 0.2) is 48.5 Å². The first-order valence-electron chi connectivity index (χ1n) is 8.02. The fourth-order valence-electron chi connectivity index (χ4n) is 2.00. The predicted molar refractivity (Wildman–Crippen MR) is 115 cm³/mol. The van der Waals surface area contributed by atoms with Gasteiger partial charge in [-0.2, -0.15) is 0 Å². The monoisotopic (exact) mass is 421 g/mol. The van der Waals surface area contributed by atoms with Gasteiger partial charge in [0.05, 0.1) is 0 Å². The molecule has 3 N–H and O–H groups in total. The number of anilines is 2. The number of carbonyl (C=O) groups excluding carboxylic acids is 2. The second kappa shape index (κ2) is 10.1. The molecular weight excluding hydrogens is 405 g/mol. The molecule has 0 heterocycles. The highest BCUT2D eigenvalue weighted by atomic mass is 35.5. The van der Waals surface area contributed by atoms with Crippen LogP contribution in [0.1, 0.15) is 18.9 Å². The van der Waals surface area contributed by atoms with Crippen molar-refractivity contribution in [2.75, 3.05) is 10.6 Å². The topological polar surface area (TPSA) is 70.2 Å². The molecule has 0 atom stereocenters. The van der Waals surface area contributed by atoms with Crippen LogP contribution in [0.4, 0.5) is 11.4 Å². The lowest BCUT2D eigenvalue weighted by Gasteiger charge is -2.09. The lowest BCUT2D eigenvalue weighted by molar-refractivity contribution is -0.116. The Hall–Kier alpha value is -2.41. The van der Waals surface area contributed by atoms with E-state index in [4.69, 9.17) is 35.4 Å². The number of rotatable bonds is 5. The van der Waals surface area contributed by atoms with Crippen molar-refractivity contribution in [2.45, 2.75) is 13.3 Å². The molecule has 0 aliphatic heterocycles. The molecule has 0 unspecified atom stereocenters. The van der Waals surface area contributed by atoms with Gasteiger partial charge in [0.15, 0.2) is 5.11 Å². The zero-order chi connectivity index (χ0) is 19.8. The molecule has 0 bridgehead atoms. The molecule has 5 nitrogen and oxygen atoms in total. The quantitative estimate of drug-likeness (QED) is 0.475. The molecule has 2 amide bonds. The minimum Gasteiger partial charge on any atom is -0.332 e. The molecule has 0 aliphatic carbocycles. The molecule has 2 aromatic carbocycles. The van der Waals surface area contributed by atoms with Gasteiger partial charge < -0.3 is 10.6 Å². The summed E-state index contributed by atoms with van der Waals surface area (Å²) in [4.78, 5) is 23.3. The van der Waals surface area contributed by atoms with Crippen molar-refractivity contribution in [1.82, 2.24) is 5.32 Å². The van der Waals surface area contributed by atoms with E-state index in [9.17, 15) is 9.59 Å². The van der Waals surface area contributed by atoms with Gasteiger partial charge in [0.25, 0.3) is 0 Å². The molecule has 2 rings (SSSR count). The Labute approximate surface area is 172 Å². The van der Waals surface area contributed by atoms with Crippen molar-refractivity contribution < 1.29 is 9.59 Å². The van der Waals surface area contributed by atoms with Crippen LogP contribution in [0.2, 0.25) is 10.0 Å². The average Bonchev–Trinajstić information content (AvgIpc) is 2.62. The summed E-state index contributed by atoms with van der Waals surface area (Å²) in [5, 5.41) is 9.30. The minimum absolute atomic E-state index is 0.0638. The van der Waals surface area contributed by atoms with E-state index >= 15 is 0 Å². The van der Waals surface area contributed by atoms with Crippen molar-refractivity contribution in [2.24, 2.45) is 0 Å². The fraction of sp³-hybridized carbons (Fsp3) is 0.105. The first kappa shape index (κ1) is 20.9. The highest BCUT2D eigenvalue weighted by Crippen LogP contribution is 2.21. The number of carbonyl (C=O) groups is 2. The van der Waals surface area contributed by atoms with Gasteiger partial charge in [0.2, 0.25) is 11.8 Å². The van der Waals surface area contributed by atoms with Crippen LogP contribution in [0.3, 0.4) is 0 Å². The molecule has 0 spiro atoms. The Balaban J connectivity index is 1.88. The Bertz CT molecular complexity index is 883. The van der Waals surface area contributed by atoms with E-state index in [1.54, 1.807) is 55.5 Å². The third-order valence-electron chi connectivity index (χ3n) is 3.36. The van der Waals surface area contributed by atoms with Crippen molar-refractivity contribution in [3.63, 3.8) is 0 Å². The van der Waals surface area contributed by atoms with Crippen molar-refractivity contribution in [3.8, 4) is 0 Å². The van der Waals surface area contributed by atoms with E-state index < -0.39 is 5.91 Å². The Morgan fingerprint density at radius 1 is 1.04 bits per heavy atom. The molecule has 27 heavy (non-hydrogen) atoms. The predicted octanol–water partition coefficient (Wildman–Crippen LogP) is 4.87. The Morgan fingerprint density at radius 3 is 2.26 bits per heavy atom. The summed E-state index contributed by atoms with van der Waals surface area (Å²) in [6.07, 6.45) is 3.30. The van der Waals surface area contributed by atoms with Crippen molar-refractivity contribution >= 4 is 69.8 Å². The van der Waals surface area contributed by atoms with Gasteiger partial charge >= 0.3 is 0 Å². The van der Waals surface area contributed by atoms with Crippen molar-refractivity contribution in [1.29, 1.82) is 0 Å². The maximum absolute atomic E-state index is 12.0. The summed E-state index contributed by atoms with van der Waals surface area (Å²) < 4.78 is 0. The number of hydrogen-bond acceptors (Lipinski definition) is 3. The summed E-state index contributed by atoms with van der Waals surface area (Å²) in [6, 6.07) is 12.0. The van der Waals surface area contributed by atoms with Gasteiger partial charge in [-0.15, -0.1) is 0 Å². The second-order valence-electron chi connectivity index (χ2n) is 5.42. The standard InChI is InChI=1S/C19H17Cl2N3O2S/c1-2-17(25)22-14-6-8-15(9-7-14)23-19(27)24-18(26)10-4-12-3-5-13(20)11-16(12)21/h3-11H,2H2,1H3,(H,22,25)(H2,23,24,26,27)/b10-4+. The summed E-state index contributed by atoms with van der Waals surface area (Å²) in [7, 11) is 0.